The summed E-state index contributed by atoms with van der Waals surface area (Å²) in [6.07, 6.45) is -7.46. The minimum Gasteiger partial charge on any atom is -0.390 e. The van der Waals surface area contributed by atoms with E-state index in [1.54, 1.807) is 0 Å². The molecular formula is C12H13F3O2. The maximum Gasteiger partial charge on any atom is 0.417 e. The normalized spacial score (nSPS) is 25.6. The Morgan fingerprint density at radius 3 is 2.41 bits per heavy atom. The molecule has 94 valence electrons. The number of rotatable bonds is 4. The fraction of sp³-hybridized carbons (Fsp3) is 0.500. The van der Waals surface area contributed by atoms with Crippen LogP contribution in [0.4, 0.5) is 13.2 Å². The summed E-state index contributed by atoms with van der Waals surface area (Å²) < 4.78 is 41.0. The summed E-state index contributed by atoms with van der Waals surface area (Å²) in [6, 6.07) is 9.33. The standard InChI is InChI=1S/C12H13F3O2/c13-12(14,15)11-10(17-11)9(16)7-6-8-4-2-1-3-5-8/h1-5,9-11,16H,6-7H2/t9-,10+,11-/m0/s1. The number of aryl methyl sites for hydroxylation is 1. The van der Waals surface area contributed by atoms with Crippen molar-refractivity contribution in [2.24, 2.45) is 0 Å². The number of aliphatic hydroxyl groups is 1. The average Bonchev–Trinajstić information content (AvgIpc) is 3.06. The molecule has 1 heterocycles. The summed E-state index contributed by atoms with van der Waals surface area (Å²) in [5, 5.41) is 9.56. The van der Waals surface area contributed by atoms with Crippen LogP contribution in [0.15, 0.2) is 30.3 Å². The second kappa shape index (κ2) is 4.66. The zero-order valence-electron chi connectivity index (χ0n) is 9.02. The molecule has 0 radical (unpaired) electrons. The highest BCUT2D eigenvalue weighted by Gasteiger charge is 2.60. The van der Waals surface area contributed by atoms with E-state index in [9.17, 15) is 18.3 Å². The van der Waals surface area contributed by atoms with Gasteiger partial charge in [-0.2, -0.15) is 13.2 Å². The maximum atomic E-state index is 12.2. The first kappa shape index (κ1) is 12.4. The van der Waals surface area contributed by atoms with Crippen molar-refractivity contribution in [2.75, 3.05) is 0 Å². The van der Waals surface area contributed by atoms with Gasteiger partial charge in [0.25, 0.3) is 0 Å². The van der Waals surface area contributed by atoms with Crippen molar-refractivity contribution >= 4 is 0 Å². The zero-order valence-corrected chi connectivity index (χ0v) is 9.02. The van der Waals surface area contributed by atoms with Crippen molar-refractivity contribution in [3.8, 4) is 0 Å². The zero-order chi connectivity index (χ0) is 12.5. The number of aliphatic hydroxyl groups excluding tert-OH is 1. The largest absolute Gasteiger partial charge is 0.417 e. The molecule has 1 N–H and O–H groups in total. The fourth-order valence-electron chi connectivity index (χ4n) is 1.80. The lowest BCUT2D eigenvalue weighted by Crippen LogP contribution is -2.25. The van der Waals surface area contributed by atoms with Crippen LogP contribution >= 0.6 is 0 Å². The van der Waals surface area contributed by atoms with Crippen molar-refractivity contribution < 1.29 is 23.0 Å². The van der Waals surface area contributed by atoms with E-state index >= 15 is 0 Å². The molecule has 5 heteroatoms. The van der Waals surface area contributed by atoms with Gasteiger partial charge in [-0.3, -0.25) is 0 Å². The highest BCUT2D eigenvalue weighted by Crippen LogP contribution is 2.40. The molecule has 0 saturated carbocycles. The van der Waals surface area contributed by atoms with Crippen molar-refractivity contribution in [3.05, 3.63) is 35.9 Å². The maximum absolute atomic E-state index is 12.2. The molecule has 17 heavy (non-hydrogen) atoms. The molecule has 0 spiro atoms. The smallest absolute Gasteiger partial charge is 0.390 e. The predicted octanol–water partition coefficient (Wildman–Crippen LogP) is 2.31. The molecule has 0 amide bonds. The van der Waals surface area contributed by atoms with Gasteiger partial charge in [0.1, 0.15) is 6.10 Å². The molecule has 0 unspecified atom stereocenters. The Morgan fingerprint density at radius 2 is 1.88 bits per heavy atom. The number of epoxide rings is 1. The third kappa shape index (κ3) is 3.20. The highest BCUT2D eigenvalue weighted by atomic mass is 19.4. The Kier molecular flexibility index (Phi) is 3.40. The van der Waals surface area contributed by atoms with E-state index < -0.39 is 24.5 Å². The lowest BCUT2D eigenvalue weighted by molar-refractivity contribution is -0.146. The van der Waals surface area contributed by atoms with Gasteiger partial charge >= 0.3 is 6.18 Å². The van der Waals surface area contributed by atoms with Gasteiger partial charge in [0, 0.05) is 0 Å². The van der Waals surface area contributed by atoms with E-state index in [1.807, 2.05) is 30.3 Å². The molecule has 2 nitrogen and oxygen atoms in total. The monoisotopic (exact) mass is 246 g/mol. The topological polar surface area (TPSA) is 32.8 Å². The first-order chi connectivity index (χ1) is 7.98. The summed E-state index contributed by atoms with van der Waals surface area (Å²) in [5.74, 6) is 0. The van der Waals surface area contributed by atoms with Crippen LogP contribution in [0.3, 0.4) is 0 Å². The molecule has 1 aromatic carbocycles. The molecule has 3 atom stereocenters. The van der Waals surface area contributed by atoms with Gasteiger partial charge in [0.15, 0.2) is 6.10 Å². The van der Waals surface area contributed by atoms with Gasteiger partial charge in [-0.15, -0.1) is 0 Å². The van der Waals surface area contributed by atoms with Gasteiger partial charge in [0.2, 0.25) is 0 Å². The molecule has 0 aliphatic carbocycles. The van der Waals surface area contributed by atoms with Crippen molar-refractivity contribution in [2.45, 2.75) is 37.3 Å². The SMILES string of the molecule is O[C@@H](CCc1ccccc1)[C@H]1O[C@@H]1C(F)(F)F. The summed E-state index contributed by atoms with van der Waals surface area (Å²) >= 11 is 0. The van der Waals surface area contributed by atoms with Gasteiger partial charge in [0.05, 0.1) is 6.10 Å². The van der Waals surface area contributed by atoms with E-state index in [4.69, 9.17) is 0 Å². The van der Waals surface area contributed by atoms with Crippen molar-refractivity contribution in [1.82, 2.24) is 0 Å². The van der Waals surface area contributed by atoms with Crippen LogP contribution in [0.5, 0.6) is 0 Å². The van der Waals surface area contributed by atoms with Crippen LogP contribution in [-0.4, -0.2) is 29.6 Å². The second-order valence-corrected chi connectivity index (χ2v) is 4.15. The third-order valence-electron chi connectivity index (χ3n) is 2.80. The van der Waals surface area contributed by atoms with E-state index in [1.165, 1.54) is 0 Å². The number of alkyl halides is 3. The Labute approximate surface area is 97.0 Å². The van der Waals surface area contributed by atoms with Gasteiger partial charge < -0.3 is 9.84 Å². The number of benzene rings is 1. The number of halogens is 3. The molecular weight excluding hydrogens is 233 g/mol. The predicted molar refractivity (Wildman–Crippen MR) is 55.5 cm³/mol. The summed E-state index contributed by atoms with van der Waals surface area (Å²) in [6.45, 7) is 0. The van der Waals surface area contributed by atoms with Crippen molar-refractivity contribution in [3.63, 3.8) is 0 Å². The van der Waals surface area contributed by atoms with E-state index in [2.05, 4.69) is 4.74 Å². The van der Waals surface area contributed by atoms with Crippen LogP contribution in [0.2, 0.25) is 0 Å². The van der Waals surface area contributed by atoms with Crippen LogP contribution in [0.1, 0.15) is 12.0 Å². The molecule has 0 aromatic heterocycles. The molecule has 1 aromatic rings. The number of hydrogen-bond acceptors (Lipinski definition) is 2. The Bertz CT molecular complexity index is 364. The molecule has 0 bridgehead atoms. The van der Waals surface area contributed by atoms with Gasteiger partial charge in [-0.25, -0.2) is 0 Å². The number of hydrogen-bond donors (Lipinski definition) is 1. The summed E-state index contributed by atoms with van der Waals surface area (Å²) in [5.41, 5.74) is 0.996. The minimum atomic E-state index is -4.36. The fourth-order valence-corrected chi connectivity index (χ4v) is 1.80. The lowest BCUT2D eigenvalue weighted by atomic mass is 10.0. The molecule has 1 aliphatic heterocycles. The van der Waals surface area contributed by atoms with Crippen LogP contribution in [-0.2, 0) is 11.2 Å². The Balaban J connectivity index is 1.78. The second-order valence-electron chi connectivity index (χ2n) is 4.15. The third-order valence-corrected chi connectivity index (χ3v) is 2.80. The Hall–Kier alpha value is -1.07. The van der Waals surface area contributed by atoms with Crippen LogP contribution in [0.25, 0.3) is 0 Å². The summed E-state index contributed by atoms with van der Waals surface area (Å²) in [4.78, 5) is 0. The van der Waals surface area contributed by atoms with Crippen LogP contribution < -0.4 is 0 Å². The van der Waals surface area contributed by atoms with E-state index in [-0.39, 0.29) is 6.42 Å². The first-order valence-electron chi connectivity index (χ1n) is 5.42. The average molecular weight is 246 g/mol. The minimum absolute atomic E-state index is 0.279. The summed E-state index contributed by atoms with van der Waals surface area (Å²) in [7, 11) is 0. The van der Waals surface area contributed by atoms with Gasteiger partial charge in [-0.05, 0) is 18.4 Å². The molecule has 1 aliphatic rings. The van der Waals surface area contributed by atoms with Gasteiger partial charge in [-0.1, -0.05) is 30.3 Å². The highest BCUT2D eigenvalue weighted by molar-refractivity contribution is 5.15. The quantitative estimate of drug-likeness (QED) is 0.827. The molecule has 1 fully saturated rings. The molecule has 2 rings (SSSR count). The molecule has 1 saturated heterocycles. The Morgan fingerprint density at radius 1 is 1.24 bits per heavy atom. The van der Waals surface area contributed by atoms with E-state index in [0.717, 1.165) is 5.56 Å². The van der Waals surface area contributed by atoms with Crippen LogP contribution in [0, 0.1) is 0 Å². The van der Waals surface area contributed by atoms with E-state index in [0.29, 0.717) is 6.42 Å². The lowest BCUT2D eigenvalue weighted by Gasteiger charge is -2.08. The van der Waals surface area contributed by atoms with Crippen molar-refractivity contribution in [1.29, 1.82) is 0 Å². The first-order valence-corrected chi connectivity index (χ1v) is 5.42. The number of ether oxygens (including phenoxy) is 1.